The summed E-state index contributed by atoms with van der Waals surface area (Å²) in [6.07, 6.45) is 4.29. The lowest BCUT2D eigenvalue weighted by Gasteiger charge is -2.12. The Bertz CT molecular complexity index is 785. The Labute approximate surface area is 153 Å². The summed E-state index contributed by atoms with van der Waals surface area (Å²) in [5.41, 5.74) is 1.36. The number of carbonyl (C=O) groups excluding carboxylic acids is 2. The molecule has 0 bridgehead atoms. The standard InChI is InChI=1S/C20H23N3O3/c1-26-18-12-5-2-7-14(18)13-21-19(24)16-10-6-11-17(23-16)20(25)22-15-8-3-4-9-15/h2,5-7,10-12,15H,3-4,8-9,13H2,1H3,(H,21,24)(H,22,25). The van der Waals surface area contributed by atoms with Gasteiger partial charge in [-0.3, -0.25) is 9.59 Å². The van der Waals surface area contributed by atoms with E-state index in [0.29, 0.717) is 12.3 Å². The second-order valence-corrected chi connectivity index (χ2v) is 6.36. The highest BCUT2D eigenvalue weighted by atomic mass is 16.5. The van der Waals surface area contributed by atoms with Crippen LogP contribution in [0, 0.1) is 0 Å². The Balaban J connectivity index is 1.63. The van der Waals surface area contributed by atoms with Crippen LogP contribution in [0.15, 0.2) is 42.5 Å². The fraction of sp³-hybridized carbons (Fsp3) is 0.350. The minimum atomic E-state index is -0.327. The molecule has 0 saturated heterocycles. The Kier molecular flexibility index (Phi) is 5.84. The quantitative estimate of drug-likeness (QED) is 0.837. The number of nitrogens with zero attached hydrogens (tertiary/aromatic N) is 1. The fourth-order valence-corrected chi connectivity index (χ4v) is 3.13. The van der Waals surface area contributed by atoms with Crippen molar-refractivity contribution in [3.05, 3.63) is 59.4 Å². The first-order valence-corrected chi connectivity index (χ1v) is 8.85. The second kappa shape index (κ2) is 8.47. The highest BCUT2D eigenvalue weighted by molar-refractivity contribution is 5.96. The molecule has 1 aliphatic carbocycles. The first-order chi connectivity index (χ1) is 12.7. The number of ether oxygens (including phenoxy) is 1. The van der Waals surface area contributed by atoms with Gasteiger partial charge in [-0.05, 0) is 31.0 Å². The molecular formula is C20H23N3O3. The molecule has 136 valence electrons. The lowest BCUT2D eigenvalue weighted by Crippen LogP contribution is -2.33. The number of hydrogen-bond acceptors (Lipinski definition) is 4. The Hall–Kier alpha value is -2.89. The molecule has 2 amide bonds. The molecule has 0 aliphatic heterocycles. The van der Waals surface area contributed by atoms with Gasteiger partial charge in [0.05, 0.1) is 7.11 Å². The molecule has 1 fully saturated rings. The smallest absolute Gasteiger partial charge is 0.270 e. The molecule has 2 N–H and O–H groups in total. The van der Waals surface area contributed by atoms with E-state index in [-0.39, 0.29) is 29.2 Å². The van der Waals surface area contributed by atoms with E-state index >= 15 is 0 Å². The molecule has 1 aliphatic rings. The van der Waals surface area contributed by atoms with Crippen LogP contribution in [0.4, 0.5) is 0 Å². The van der Waals surface area contributed by atoms with Crippen molar-refractivity contribution in [1.29, 1.82) is 0 Å². The molecule has 1 heterocycles. The number of methoxy groups -OCH3 is 1. The van der Waals surface area contributed by atoms with Gasteiger partial charge in [0.2, 0.25) is 0 Å². The maximum Gasteiger partial charge on any atom is 0.270 e. The van der Waals surface area contributed by atoms with Crippen molar-refractivity contribution >= 4 is 11.8 Å². The molecule has 26 heavy (non-hydrogen) atoms. The number of para-hydroxylation sites is 1. The number of amides is 2. The predicted molar refractivity (Wildman–Crippen MR) is 98.1 cm³/mol. The number of rotatable bonds is 6. The normalized spacial score (nSPS) is 14.0. The Morgan fingerprint density at radius 1 is 1.04 bits per heavy atom. The molecule has 0 atom stereocenters. The Morgan fingerprint density at radius 3 is 2.46 bits per heavy atom. The molecular weight excluding hydrogens is 330 g/mol. The van der Waals surface area contributed by atoms with Gasteiger partial charge in [0, 0.05) is 18.2 Å². The monoisotopic (exact) mass is 353 g/mol. The molecule has 3 rings (SSSR count). The zero-order chi connectivity index (χ0) is 18.4. The van der Waals surface area contributed by atoms with Crippen molar-refractivity contribution in [2.24, 2.45) is 0 Å². The van der Waals surface area contributed by atoms with Crippen LogP contribution in [0.5, 0.6) is 5.75 Å². The lowest BCUT2D eigenvalue weighted by molar-refractivity contribution is 0.0931. The van der Waals surface area contributed by atoms with E-state index in [4.69, 9.17) is 4.74 Å². The van der Waals surface area contributed by atoms with Crippen LogP contribution in [-0.2, 0) is 6.54 Å². The van der Waals surface area contributed by atoms with E-state index in [1.54, 1.807) is 25.3 Å². The molecule has 6 nitrogen and oxygen atoms in total. The summed E-state index contributed by atoms with van der Waals surface area (Å²) >= 11 is 0. The van der Waals surface area contributed by atoms with Gasteiger partial charge in [-0.15, -0.1) is 0 Å². The summed E-state index contributed by atoms with van der Waals surface area (Å²) in [7, 11) is 1.59. The minimum absolute atomic E-state index is 0.215. The lowest BCUT2D eigenvalue weighted by atomic mass is 10.2. The van der Waals surface area contributed by atoms with E-state index in [1.165, 1.54) is 0 Å². The van der Waals surface area contributed by atoms with Gasteiger partial charge in [-0.1, -0.05) is 37.1 Å². The van der Waals surface area contributed by atoms with Crippen molar-refractivity contribution in [3.63, 3.8) is 0 Å². The third-order valence-corrected chi connectivity index (χ3v) is 4.54. The largest absolute Gasteiger partial charge is 0.496 e. The average molecular weight is 353 g/mol. The van der Waals surface area contributed by atoms with Crippen molar-refractivity contribution in [2.75, 3.05) is 7.11 Å². The Morgan fingerprint density at radius 2 is 1.73 bits per heavy atom. The first kappa shape index (κ1) is 17.9. The van der Waals surface area contributed by atoms with Gasteiger partial charge in [-0.2, -0.15) is 0 Å². The van der Waals surface area contributed by atoms with Crippen molar-refractivity contribution in [2.45, 2.75) is 38.3 Å². The predicted octanol–water partition coefficient (Wildman–Crippen LogP) is 2.69. The molecule has 1 aromatic heterocycles. The molecule has 0 unspecified atom stereocenters. The molecule has 0 spiro atoms. The van der Waals surface area contributed by atoms with Crippen molar-refractivity contribution in [3.8, 4) is 5.75 Å². The van der Waals surface area contributed by atoms with Crippen LogP contribution in [0.25, 0.3) is 0 Å². The van der Waals surface area contributed by atoms with Gasteiger partial charge in [0.15, 0.2) is 0 Å². The highest BCUT2D eigenvalue weighted by Gasteiger charge is 2.19. The van der Waals surface area contributed by atoms with Crippen LogP contribution >= 0.6 is 0 Å². The topological polar surface area (TPSA) is 80.3 Å². The van der Waals surface area contributed by atoms with E-state index in [0.717, 1.165) is 31.2 Å². The third kappa shape index (κ3) is 4.39. The molecule has 2 aromatic rings. The highest BCUT2D eigenvalue weighted by Crippen LogP contribution is 2.18. The number of carbonyl (C=O) groups is 2. The molecule has 0 radical (unpaired) electrons. The van der Waals surface area contributed by atoms with Gasteiger partial charge in [-0.25, -0.2) is 4.98 Å². The van der Waals surface area contributed by atoms with Crippen LogP contribution in [0.1, 0.15) is 52.2 Å². The SMILES string of the molecule is COc1ccccc1CNC(=O)c1cccc(C(=O)NC2CCCC2)n1. The first-order valence-electron chi connectivity index (χ1n) is 8.85. The summed E-state index contributed by atoms with van der Waals surface area (Å²) in [5.74, 6) is 0.160. The summed E-state index contributed by atoms with van der Waals surface area (Å²) in [6.45, 7) is 0.322. The summed E-state index contributed by atoms with van der Waals surface area (Å²) < 4.78 is 5.28. The van der Waals surface area contributed by atoms with E-state index in [2.05, 4.69) is 15.6 Å². The third-order valence-electron chi connectivity index (χ3n) is 4.54. The number of pyridine rings is 1. The average Bonchev–Trinajstić information content (AvgIpc) is 3.19. The summed E-state index contributed by atoms with van der Waals surface area (Å²) in [5, 5.41) is 5.80. The fourth-order valence-electron chi connectivity index (χ4n) is 3.13. The zero-order valence-electron chi connectivity index (χ0n) is 14.8. The van der Waals surface area contributed by atoms with Gasteiger partial charge < -0.3 is 15.4 Å². The maximum absolute atomic E-state index is 12.4. The van der Waals surface area contributed by atoms with Crippen molar-refractivity contribution in [1.82, 2.24) is 15.6 Å². The van der Waals surface area contributed by atoms with Crippen LogP contribution in [-0.4, -0.2) is 29.9 Å². The van der Waals surface area contributed by atoms with Gasteiger partial charge in [0.1, 0.15) is 17.1 Å². The van der Waals surface area contributed by atoms with Crippen molar-refractivity contribution < 1.29 is 14.3 Å². The van der Waals surface area contributed by atoms with E-state index < -0.39 is 0 Å². The minimum Gasteiger partial charge on any atom is -0.496 e. The van der Waals surface area contributed by atoms with E-state index in [1.807, 2.05) is 24.3 Å². The van der Waals surface area contributed by atoms with Gasteiger partial charge >= 0.3 is 0 Å². The number of aromatic nitrogens is 1. The van der Waals surface area contributed by atoms with Gasteiger partial charge in [0.25, 0.3) is 11.8 Å². The summed E-state index contributed by atoms with van der Waals surface area (Å²) in [4.78, 5) is 28.9. The van der Waals surface area contributed by atoms with Crippen LogP contribution in [0.2, 0.25) is 0 Å². The molecule has 1 saturated carbocycles. The number of benzene rings is 1. The maximum atomic E-state index is 12.4. The number of nitrogens with one attached hydrogen (secondary N) is 2. The zero-order valence-corrected chi connectivity index (χ0v) is 14.8. The second-order valence-electron chi connectivity index (χ2n) is 6.36. The summed E-state index contributed by atoms with van der Waals surface area (Å²) in [6, 6.07) is 12.6. The van der Waals surface area contributed by atoms with Crippen LogP contribution < -0.4 is 15.4 Å². The molecule has 6 heteroatoms. The van der Waals surface area contributed by atoms with E-state index in [9.17, 15) is 9.59 Å². The van der Waals surface area contributed by atoms with Crippen LogP contribution in [0.3, 0.4) is 0 Å². The number of hydrogen-bond donors (Lipinski definition) is 2. The molecule has 1 aromatic carbocycles.